The van der Waals surface area contributed by atoms with Gasteiger partial charge in [-0.1, -0.05) is 12.2 Å². The number of rotatable bonds is 8. The van der Waals surface area contributed by atoms with Crippen LogP contribution in [0, 0.1) is 0 Å². The maximum absolute atomic E-state index is 13.3. The number of carbonyl (C=O) groups is 1. The minimum absolute atomic E-state index is 0.0783. The average Bonchev–Trinajstić information content (AvgIpc) is 2.72. The summed E-state index contributed by atoms with van der Waals surface area (Å²) < 4.78 is 6.64. The van der Waals surface area contributed by atoms with Crippen LogP contribution in [0.25, 0.3) is 5.57 Å². The predicted octanol–water partition coefficient (Wildman–Crippen LogP) is 4.30. The van der Waals surface area contributed by atoms with E-state index in [1.165, 1.54) is 0 Å². The van der Waals surface area contributed by atoms with E-state index in [9.17, 15) is 4.79 Å². The van der Waals surface area contributed by atoms with Gasteiger partial charge in [0.05, 0.1) is 6.04 Å². The van der Waals surface area contributed by atoms with E-state index in [0.29, 0.717) is 36.0 Å². The van der Waals surface area contributed by atoms with Crippen molar-refractivity contribution in [3.8, 4) is 5.88 Å². The van der Waals surface area contributed by atoms with Crippen molar-refractivity contribution in [2.75, 3.05) is 13.2 Å². The molecule has 0 spiro atoms. The largest absolute Gasteiger partial charge is 0.475 e. The molecule has 0 saturated heterocycles. The minimum atomic E-state index is -0.132. The zero-order valence-electron chi connectivity index (χ0n) is 16.6. The normalized spacial score (nSPS) is 13.2. The number of ether oxygens (including phenoxy) is 1. The molecule has 28 heavy (non-hydrogen) atoms. The first-order valence-corrected chi connectivity index (χ1v) is 9.96. The van der Waals surface area contributed by atoms with Crippen molar-refractivity contribution in [2.45, 2.75) is 33.7 Å². The van der Waals surface area contributed by atoms with E-state index in [2.05, 4.69) is 30.9 Å². The van der Waals surface area contributed by atoms with Crippen LogP contribution < -0.4 is 4.74 Å². The van der Waals surface area contributed by atoms with Gasteiger partial charge in [0.2, 0.25) is 5.88 Å². The number of amides is 1. The quantitative estimate of drug-likeness (QED) is 0.448. The van der Waals surface area contributed by atoms with Gasteiger partial charge in [-0.3, -0.25) is 4.79 Å². The van der Waals surface area contributed by atoms with Crippen LogP contribution in [0.5, 0.6) is 5.88 Å². The van der Waals surface area contributed by atoms with Crippen molar-refractivity contribution in [3.05, 3.63) is 64.8 Å². The van der Waals surface area contributed by atoms with Crippen molar-refractivity contribution in [1.29, 1.82) is 0 Å². The lowest BCUT2D eigenvalue weighted by Gasteiger charge is -2.29. The summed E-state index contributed by atoms with van der Waals surface area (Å²) in [6.45, 7) is 8.54. The molecule has 0 aliphatic carbocycles. The Morgan fingerprint density at radius 1 is 1.21 bits per heavy atom. The third-order valence-electron chi connectivity index (χ3n) is 4.21. The Morgan fingerprint density at radius 2 is 1.93 bits per heavy atom. The monoisotopic (exact) mass is 444 g/mol. The molecule has 0 radical (unpaired) electrons. The number of hydrogen-bond donors (Lipinski definition) is 0. The zero-order chi connectivity index (χ0) is 20.5. The standard InChI is InChI=1S/C21H25BrN4O2/c1-5-17(20-23-11-8-12-24-20)18(6-2)21(27)26(7-3)15(4)14-28-19-10-9-16(22)13-25-19/h5-6,8-13,15H,7,14H2,1-4H3/b17-5+,18-6+/t15-/m0/s1. The molecule has 0 fully saturated rings. The molecule has 1 amide bonds. The molecule has 0 aliphatic heterocycles. The molecule has 0 unspecified atom stereocenters. The fourth-order valence-corrected chi connectivity index (χ4v) is 3.03. The summed E-state index contributed by atoms with van der Waals surface area (Å²) in [6, 6.07) is 5.28. The lowest BCUT2D eigenvalue weighted by Crippen LogP contribution is -2.42. The van der Waals surface area contributed by atoms with Gasteiger partial charge in [0.15, 0.2) is 5.82 Å². The highest BCUT2D eigenvalue weighted by Crippen LogP contribution is 2.23. The number of pyridine rings is 1. The Balaban J connectivity index is 2.14. The smallest absolute Gasteiger partial charge is 0.254 e. The van der Waals surface area contributed by atoms with Gasteiger partial charge in [0.25, 0.3) is 5.91 Å². The molecule has 0 saturated carbocycles. The van der Waals surface area contributed by atoms with Gasteiger partial charge >= 0.3 is 0 Å². The second-order valence-corrected chi connectivity index (χ2v) is 6.96. The number of likely N-dealkylation sites (N-methyl/N-ethyl adjacent to an activating group) is 1. The molecule has 2 aromatic heterocycles. The van der Waals surface area contributed by atoms with Gasteiger partial charge in [-0.25, -0.2) is 15.0 Å². The van der Waals surface area contributed by atoms with Crippen molar-refractivity contribution in [2.24, 2.45) is 0 Å². The summed E-state index contributed by atoms with van der Waals surface area (Å²) in [7, 11) is 0. The van der Waals surface area contributed by atoms with E-state index in [4.69, 9.17) is 4.74 Å². The molecule has 0 aromatic carbocycles. The fourth-order valence-electron chi connectivity index (χ4n) is 2.79. The van der Waals surface area contributed by atoms with Gasteiger partial charge in [-0.05, 0) is 55.8 Å². The predicted molar refractivity (Wildman–Crippen MR) is 114 cm³/mol. The van der Waals surface area contributed by atoms with E-state index < -0.39 is 0 Å². The molecule has 2 aromatic rings. The summed E-state index contributed by atoms with van der Waals surface area (Å²) in [5, 5.41) is 0. The van der Waals surface area contributed by atoms with Crippen LogP contribution in [0.2, 0.25) is 0 Å². The summed E-state index contributed by atoms with van der Waals surface area (Å²) in [5.41, 5.74) is 1.29. The number of halogens is 1. The lowest BCUT2D eigenvalue weighted by atomic mass is 10.0. The topological polar surface area (TPSA) is 68.2 Å². The van der Waals surface area contributed by atoms with Crippen molar-refractivity contribution < 1.29 is 9.53 Å². The van der Waals surface area contributed by atoms with Crippen LogP contribution in [-0.4, -0.2) is 45.0 Å². The van der Waals surface area contributed by atoms with E-state index in [1.807, 2.05) is 39.8 Å². The lowest BCUT2D eigenvalue weighted by molar-refractivity contribution is -0.129. The van der Waals surface area contributed by atoms with Crippen LogP contribution in [0.4, 0.5) is 0 Å². The molecule has 7 heteroatoms. The fraction of sp³-hybridized carbons (Fsp3) is 0.333. The number of carbonyl (C=O) groups excluding carboxylic acids is 1. The molecule has 1 atom stereocenters. The molecular formula is C21H25BrN4O2. The molecule has 2 rings (SSSR count). The van der Waals surface area contributed by atoms with Crippen molar-refractivity contribution >= 4 is 27.4 Å². The second kappa shape index (κ2) is 10.7. The van der Waals surface area contributed by atoms with Crippen LogP contribution >= 0.6 is 15.9 Å². The average molecular weight is 445 g/mol. The van der Waals surface area contributed by atoms with E-state index in [1.54, 1.807) is 41.7 Å². The maximum atomic E-state index is 13.3. The first-order chi connectivity index (χ1) is 13.5. The van der Waals surface area contributed by atoms with Crippen molar-refractivity contribution in [1.82, 2.24) is 19.9 Å². The maximum Gasteiger partial charge on any atom is 0.254 e. The number of nitrogens with zero attached hydrogens (tertiary/aromatic N) is 4. The molecule has 0 N–H and O–H groups in total. The highest BCUT2D eigenvalue weighted by Gasteiger charge is 2.25. The third kappa shape index (κ3) is 5.48. The van der Waals surface area contributed by atoms with E-state index in [0.717, 1.165) is 4.47 Å². The number of aromatic nitrogens is 3. The summed E-state index contributed by atoms with van der Waals surface area (Å²) in [6.07, 6.45) is 8.69. The summed E-state index contributed by atoms with van der Waals surface area (Å²) >= 11 is 3.35. The van der Waals surface area contributed by atoms with E-state index >= 15 is 0 Å². The van der Waals surface area contributed by atoms with Crippen LogP contribution in [0.15, 0.2) is 59.0 Å². The Morgan fingerprint density at radius 3 is 2.46 bits per heavy atom. The number of allylic oxidation sites excluding steroid dienone is 2. The zero-order valence-corrected chi connectivity index (χ0v) is 18.2. The van der Waals surface area contributed by atoms with Crippen molar-refractivity contribution in [3.63, 3.8) is 0 Å². The first kappa shape index (κ1) is 21.8. The van der Waals surface area contributed by atoms with Gasteiger partial charge in [0, 0.05) is 46.8 Å². The molecule has 148 valence electrons. The Kier molecular flexibility index (Phi) is 8.32. The molecule has 0 bridgehead atoms. The Hall–Kier alpha value is -2.54. The molecule has 0 aliphatic rings. The van der Waals surface area contributed by atoms with Gasteiger partial charge in [-0.2, -0.15) is 0 Å². The minimum Gasteiger partial charge on any atom is -0.475 e. The SMILES string of the molecule is C/C=C(C(=O)N(CC)[C@@H](C)COc1ccc(Br)cn1)\C(=C/C)c1ncccn1. The third-order valence-corrected chi connectivity index (χ3v) is 4.68. The van der Waals surface area contributed by atoms with E-state index in [-0.39, 0.29) is 11.9 Å². The molecule has 2 heterocycles. The Bertz CT molecular complexity index is 835. The molecular weight excluding hydrogens is 420 g/mol. The second-order valence-electron chi connectivity index (χ2n) is 6.04. The summed E-state index contributed by atoms with van der Waals surface area (Å²) in [4.78, 5) is 27.8. The van der Waals surface area contributed by atoms with Gasteiger partial charge < -0.3 is 9.64 Å². The highest BCUT2D eigenvalue weighted by molar-refractivity contribution is 9.10. The van der Waals surface area contributed by atoms with Gasteiger partial charge in [-0.15, -0.1) is 0 Å². The highest BCUT2D eigenvalue weighted by atomic mass is 79.9. The van der Waals surface area contributed by atoms with Crippen LogP contribution in [-0.2, 0) is 4.79 Å². The Labute approximate surface area is 174 Å². The number of hydrogen-bond acceptors (Lipinski definition) is 5. The summed E-state index contributed by atoms with van der Waals surface area (Å²) in [5.74, 6) is 0.979. The first-order valence-electron chi connectivity index (χ1n) is 9.17. The van der Waals surface area contributed by atoms with Gasteiger partial charge in [0.1, 0.15) is 6.61 Å². The van der Waals surface area contributed by atoms with Crippen LogP contribution in [0.3, 0.4) is 0 Å². The molecule has 6 nitrogen and oxygen atoms in total. The van der Waals surface area contributed by atoms with Crippen LogP contribution in [0.1, 0.15) is 33.5 Å².